The number of alkyl halides is 3. The van der Waals surface area contributed by atoms with Crippen molar-refractivity contribution >= 4 is 11.6 Å². The van der Waals surface area contributed by atoms with Crippen LogP contribution in [0.25, 0.3) is 0 Å². The average molecular weight is 246 g/mol. The zero-order valence-corrected chi connectivity index (χ0v) is 9.27. The van der Waals surface area contributed by atoms with Gasteiger partial charge in [0.1, 0.15) is 0 Å². The number of para-hydroxylation sites is 1. The van der Waals surface area contributed by atoms with Crippen molar-refractivity contribution in [2.45, 2.75) is 12.6 Å². The van der Waals surface area contributed by atoms with E-state index in [-0.39, 0.29) is 24.6 Å². The molecule has 94 valence electrons. The van der Waals surface area contributed by atoms with Gasteiger partial charge in [-0.2, -0.15) is 13.2 Å². The molecule has 0 aromatic heterocycles. The lowest BCUT2D eigenvalue weighted by Gasteiger charge is -2.13. The summed E-state index contributed by atoms with van der Waals surface area (Å²) in [5.41, 5.74) is -0.735. The first-order valence-corrected chi connectivity index (χ1v) is 5.06. The second kappa shape index (κ2) is 5.56. The molecule has 1 amide bonds. The van der Waals surface area contributed by atoms with Crippen molar-refractivity contribution in [2.24, 2.45) is 0 Å². The fourth-order valence-electron chi connectivity index (χ4n) is 1.32. The lowest BCUT2D eigenvalue weighted by Crippen LogP contribution is -2.21. The molecule has 0 atom stereocenters. The van der Waals surface area contributed by atoms with Crippen molar-refractivity contribution in [1.82, 2.24) is 5.32 Å². The van der Waals surface area contributed by atoms with Crippen molar-refractivity contribution in [1.29, 1.82) is 0 Å². The number of hydrogen-bond donors (Lipinski definition) is 2. The third-order valence-electron chi connectivity index (χ3n) is 2.18. The van der Waals surface area contributed by atoms with Crippen molar-refractivity contribution in [2.75, 3.05) is 18.9 Å². The van der Waals surface area contributed by atoms with Crippen molar-refractivity contribution in [3.05, 3.63) is 29.8 Å². The number of nitrogens with one attached hydrogen (secondary N) is 2. The minimum atomic E-state index is -4.39. The average Bonchev–Trinajstić information content (AvgIpc) is 2.28. The first kappa shape index (κ1) is 13.3. The Kier molecular flexibility index (Phi) is 4.37. The number of carbonyl (C=O) groups is 1. The highest BCUT2D eigenvalue weighted by Gasteiger charge is 2.32. The molecule has 6 heteroatoms. The highest BCUT2D eigenvalue weighted by atomic mass is 19.4. The molecule has 2 N–H and O–H groups in total. The number of amides is 1. The van der Waals surface area contributed by atoms with Gasteiger partial charge in [0.05, 0.1) is 5.56 Å². The summed E-state index contributed by atoms with van der Waals surface area (Å²) in [5, 5.41) is 5.00. The summed E-state index contributed by atoms with van der Waals surface area (Å²) in [6.45, 7) is 0.159. The van der Waals surface area contributed by atoms with Crippen LogP contribution < -0.4 is 10.6 Å². The summed E-state index contributed by atoms with van der Waals surface area (Å²) >= 11 is 0. The molecule has 3 nitrogen and oxygen atoms in total. The topological polar surface area (TPSA) is 41.1 Å². The highest BCUT2D eigenvalue weighted by molar-refractivity contribution is 5.76. The Balaban J connectivity index is 2.68. The van der Waals surface area contributed by atoms with Crippen molar-refractivity contribution < 1.29 is 18.0 Å². The number of benzene rings is 1. The van der Waals surface area contributed by atoms with E-state index in [1.807, 2.05) is 0 Å². The van der Waals surface area contributed by atoms with E-state index in [0.717, 1.165) is 6.07 Å². The van der Waals surface area contributed by atoms with Crippen LogP contribution >= 0.6 is 0 Å². The number of rotatable bonds is 4. The lowest BCUT2D eigenvalue weighted by atomic mass is 10.1. The van der Waals surface area contributed by atoms with E-state index in [0.29, 0.717) is 0 Å². The molecule has 0 radical (unpaired) electrons. The molecule has 1 aromatic rings. The molecule has 0 heterocycles. The Bertz CT molecular complexity index is 391. The van der Waals surface area contributed by atoms with Crippen LogP contribution in [0.4, 0.5) is 18.9 Å². The Hall–Kier alpha value is -1.72. The second-order valence-corrected chi connectivity index (χ2v) is 3.39. The summed E-state index contributed by atoms with van der Waals surface area (Å²) in [5.74, 6) is -0.220. The minimum absolute atomic E-state index is 0.0103. The maximum atomic E-state index is 12.6. The van der Waals surface area contributed by atoms with Crippen LogP contribution in [0, 0.1) is 0 Å². The summed E-state index contributed by atoms with van der Waals surface area (Å²) in [6, 6.07) is 5.18. The molecule has 0 aliphatic carbocycles. The maximum absolute atomic E-state index is 12.6. The van der Waals surface area contributed by atoms with Crippen LogP contribution in [0.5, 0.6) is 0 Å². The molecular weight excluding hydrogens is 233 g/mol. The van der Waals surface area contributed by atoms with Gasteiger partial charge >= 0.3 is 6.18 Å². The smallest absolute Gasteiger partial charge is 0.384 e. The van der Waals surface area contributed by atoms with E-state index in [1.54, 1.807) is 0 Å². The number of anilines is 1. The van der Waals surface area contributed by atoms with Crippen LogP contribution in [0.2, 0.25) is 0 Å². The quantitative estimate of drug-likeness (QED) is 0.855. The molecule has 0 saturated carbocycles. The maximum Gasteiger partial charge on any atom is 0.418 e. The molecule has 0 saturated heterocycles. The summed E-state index contributed by atoms with van der Waals surface area (Å²) in [6.07, 6.45) is -4.26. The Morgan fingerprint density at radius 2 is 1.94 bits per heavy atom. The van der Waals surface area contributed by atoms with Crippen LogP contribution in [0.15, 0.2) is 24.3 Å². The van der Waals surface area contributed by atoms with Gasteiger partial charge in [0, 0.05) is 25.7 Å². The standard InChI is InChI=1S/C11H13F3N2O/c1-15-10(17)6-7-16-9-5-3-2-4-8(9)11(12,13)14/h2-5,16H,6-7H2,1H3,(H,15,17). The van der Waals surface area contributed by atoms with Crippen LogP contribution in [0.3, 0.4) is 0 Å². The van der Waals surface area contributed by atoms with Gasteiger partial charge < -0.3 is 10.6 Å². The molecule has 0 bridgehead atoms. The molecule has 1 rings (SSSR count). The van der Waals surface area contributed by atoms with E-state index < -0.39 is 11.7 Å². The van der Waals surface area contributed by atoms with Gasteiger partial charge in [0.25, 0.3) is 0 Å². The summed E-state index contributed by atoms with van der Waals surface area (Å²) < 4.78 is 37.7. The fraction of sp³-hybridized carbons (Fsp3) is 0.364. The molecule has 0 fully saturated rings. The Labute approximate surface area is 97.0 Å². The van der Waals surface area contributed by atoms with E-state index in [1.165, 1.54) is 25.2 Å². The molecule has 1 aromatic carbocycles. The van der Waals surface area contributed by atoms with E-state index in [4.69, 9.17) is 0 Å². The van der Waals surface area contributed by atoms with Gasteiger partial charge in [-0.25, -0.2) is 0 Å². The summed E-state index contributed by atoms with van der Waals surface area (Å²) in [7, 11) is 1.48. The van der Waals surface area contributed by atoms with Gasteiger partial charge in [-0.05, 0) is 12.1 Å². The molecule has 17 heavy (non-hydrogen) atoms. The van der Waals surface area contributed by atoms with Crippen LogP contribution in [-0.2, 0) is 11.0 Å². The largest absolute Gasteiger partial charge is 0.418 e. The highest BCUT2D eigenvalue weighted by Crippen LogP contribution is 2.34. The third kappa shape index (κ3) is 3.97. The van der Waals surface area contributed by atoms with Gasteiger partial charge in [0.15, 0.2) is 0 Å². The third-order valence-corrected chi connectivity index (χ3v) is 2.18. The van der Waals surface area contributed by atoms with Gasteiger partial charge in [-0.15, -0.1) is 0 Å². The predicted octanol–water partition coefficient (Wildman–Crippen LogP) is 2.25. The van der Waals surface area contributed by atoms with E-state index >= 15 is 0 Å². The molecule has 0 aliphatic rings. The zero-order chi connectivity index (χ0) is 12.9. The number of carbonyl (C=O) groups excluding carboxylic acids is 1. The van der Waals surface area contributed by atoms with Crippen molar-refractivity contribution in [3.8, 4) is 0 Å². The van der Waals surface area contributed by atoms with E-state index in [9.17, 15) is 18.0 Å². The Morgan fingerprint density at radius 1 is 1.29 bits per heavy atom. The van der Waals surface area contributed by atoms with Gasteiger partial charge in [-0.3, -0.25) is 4.79 Å². The van der Waals surface area contributed by atoms with Crippen molar-refractivity contribution in [3.63, 3.8) is 0 Å². The first-order valence-electron chi connectivity index (χ1n) is 5.06. The Morgan fingerprint density at radius 3 is 2.53 bits per heavy atom. The van der Waals surface area contributed by atoms with E-state index in [2.05, 4.69) is 10.6 Å². The first-order chi connectivity index (χ1) is 7.95. The minimum Gasteiger partial charge on any atom is -0.384 e. The molecule has 0 aliphatic heterocycles. The second-order valence-electron chi connectivity index (χ2n) is 3.39. The SMILES string of the molecule is CNC(=O)CCNc1ccccc1C(F)(F)F. The lowest BCUT2D eigenvalue weighted by molar-refractivity contribution is -0.137. The normalized spacial score (nSPS) is 11.1. The zero-order valence-electron chi connectivity index (χ0n) is 9.27. The van der Waals surface area contributed by atoms with Crippen LogP contribution in [-0.4, -0.2) is 19.5 Å². The predicted molar refractivity (Wildman–Crippen MR) is 58.6 cm³/mol. The van der Waals surface area contributed by atoms with Gasteiger partial charge in [-0.1, -0.05) is 12.1 Å². The molecule has 0 unspecified atom stereocenters. The van der Waals surface area contributed by atoms with Crippen LogP contribution in [0.1, 0.15) is 12.0 Å². The molecular formula is C11H13F3N2O. The monoisotopic (exact) mass is 246 g/mol. The number of halogens is 3. The molecule has 0 spiro atoms. The fourth-order valence-corrected chi connectivity index (χ4v) is 1.32. The van der Waals surface area contributed by atoms with Gasteiger partial charge in [0.2, 0.25) is 5.91 Å². The summed E-state index contributed by atoms with van der Waals surface area (Å²) in [4.78, 5) is 10.9. The number of hydrogen-bond acceptors (Lipinski definition) is 2.